The number of ether oxygens (including phenoxy) is 5. The minimum absolute atomic E-state index is 0.200. The maximum Gasteiger partial charge on any atom is 0.190 e. The molecule has 0 aromatic carbocycles. The molecule has 6 heteroatoms. The third kappa shape index (κ3) is 1.97. The van der Waals surface area contributed by atoms with E-state index in [0.717, 1.165) is 0 Å². The van der Waals surface area contributed by atoms with Crippen molar-refractivity contribution in [3.8, 4) is 0 Å². The van der Waals surface area contributed by atoms with Crippen LogP contribution in [-0.2, 0) is 23.7 Å². The summed E-state index contributed by atoms with van der Waals surface area (Å²) < 4.78 is 29.2. The van der Waals surface area contributed by atoms with Gasteiger partial charge < -0.3 is 29.4 Å². The molecule has 0 radical (unpaired) electrons. The first-order chi connectivity index (χ1) is 8.31. The van der Waals surface area contributed by atoms with E-state index in [2.05, 4.69) is 0 Å². The Morgan fingerprint density at radius 1 is 0.833 bits per heavy atom. The van der Waals surface area contributed by atoms with E-state index >= 15 is 0 Å². The maximum absolute atomic E-state index is 5.93. The van der Waals surface area contributed by atoms with Gasteiger partial charge in [0.15, 0.2) is 17.9 Å². The van der Waals surface area contributed by atoms with Crippen LogP contribution in [0.25, 0.3) is 0 Å². The second-order valence-electron chi connectivity index (χ2n) is 5.94. The molecule has 104 valence electrons. The molecular weight excluding hydrogens is 238 g/mol. The van der Waals surface area contributed by atoms with E-state index in [1.807, 2.05) is 27.7 Å². The Bertz CT molecular complexity index is 345. The van der Waals surface area contributed by atoms with E-state index in [0.29, 0.717) is 6.54 Å². The molecule has 3 saturated heterocycles. The van der Waals surface area contributed by atoms with Gasteiger partial charge in [0.05, 0.1) is 0 Å². The van der Waals surface area contributed by atoms with Gasteiger partial charge in [0.1, 0.15) is 24.4 Å². The molecular formula is C12H21NO5. The molecule has 0 aliphatic carbocycles. The molecule has 18 heavy (non-hydrogen) atoms. The van der Waals surface area contributed by atoms with Crippen molar-refractivity contribution in [3.05, 3.63) is 0 Å². The Balaban J connectivity index is 1.86. The highest BCUT2D eigenvalue weighted by atomic mass is 16.9. The van der Waals surface area contributed by atoms with Gasteiger partial charge in [-0.15, -0.1) is 0 Å². The molecule has 3 aliphatic rings. The minimum atomic E-state index is -0.667. The monoisotopic (exact) mass is 259 g/mol. The summed E-state index contributed by atoms with van der Waals surface area (Å²) in [7, 11) is 0. The highest BCUT2D eigenvalue weighted by Gasteiger charge is 2.60. The lowest BCUT2D eigenvalue weighted by Gasteiger charge is -2.36. The van der Waals surface area contributed by atoms with Crippen LogP contribution in [0.3, 0.4) is 0 Å². The predicted octanol–water partition coefficient (Wildman–Crippen LogP) is 0.342. The molecule has 3 rings (SSSR count). The van der Waals surface area contributed by atoms with E-state index in [1.165, 1.54) is 0 Å². The summed E-state index contributed by atoms with van der Waals surface area (Å²) in [6.07, 6.45) is -1.34. The van der Waals surface area contributed by atoms with Gasteiger partial charge in [0.25, 0.3) is 0 Å². The van der Waals surface area contributed by atoms with Crippen LogP contribution in [0.5, 0.6) is 0 Å². The second kappa shape index (κ2) is 3.88. The van der Waals surface area contributed by atoms with Crippen LogP contribution >= 0.6 is 0 Å². The van der Waals surface area contributed by atoms with Gasteiger partial charge in [-0.25, -0.2) is 0 Å². The van der Waals surface area contributed by atoms with Gasteiger partial charge in [-0.3, -0.25) is 0 Å². The van der Waals surface area contributed by atoms with Gasteiger partial charge in [-0.2, -0.15) is 0 Å². The van der Waals surface area contributed by atoms with Crippen molar-refractivity contribution < 1.29 is 23.7 Å². The molecule has 0 unspecified atom stereocenters. The fourth-order valence-corrected chi connectivity index (χ4v) is 2.88. The van der Waals surface area contributed by atoms with Crippen LogP contribution in [0.1, 0.15) is 27.7 Å². The summed E-state index contributed by atoms with van der Waals surface area (Å²) in [5.74, 6) is -1.31. The molecule has 3 aliphatic heterocycles. The Kier molecular flexibility index (Phi) is 2.75. The van der Waals surface area contributed by atoms with Crippen LogP contribution in [0.15, 0.2) is 0 Å². The van der Waals surface area contributed by atoms with Gasteiger partial charge in [0.2, 0.25) is 0 Å². The summed E-state index contributed by atoms with van der Waals surface area (Å²) in [4.78, 5) is 0. The van der Waals surface area contributed by atoms with E-state index in [1.54, 1.807) is 0 Å². The number of nitrogens with two attached hydrogens (primary N) is 1. The predicted molar refractivity (Wildman–Crippen MR) is 61.6 cm³/mol. The van der Waals surface area contributed by atoms with Crippen LogP contribution in [0.2, 0.25) is 0 Å². The summed E-state index contributed by atoms with van der Waals surface area (Å²) in [6.45, 7) is 7.86. The highest BCUT2D eigenvalue weighted by Crippen LogP contribution is 2.43. The largest absolute Gasteiger partial charge is 0.342 e. The van der Waals surface area contributed by atoms with Crippen molar-refractivity contribution in [3.63, 3.8) is 0 Å². The summed E-state index contributed by atoms with van der Waals surface area (Å²) in [6, 6.07) is 0. The highest BCUT2D eigenvalue weighted by molar-refractivity contribution is 5.00. The van der Waals surface area contributed by atoms with Crippen molar-refractivity contribution >= 4 is 0 Å². The number of fused-ring (bicyclic) bond motifs is 3. The van der Waals surface area contributed by atoms with Crippen LogP contribution in [0, 0.1) is 0 Å². The summed E-state index contributed by atoms with van der Waals surface area (Å²) >= 11 is 0. The average molecular weight is 259 g/mol. The smallest absolute Gasteiger partial charge is 0.190 e. The molecule has 0 spiro atoms. The second-order valence-corrected chi connectivity index (χ2v) is 5.94. The number of hydrogen-bond acceptors (Lipinski definition) is 6. The fourth-order valence-electron chi connectivity index (χ4n) is 2.88. The molecule has 3 heterocycles. The van der Waals surface area contributed by atoms with Crippen molar-refractivity contribution in [2.45, 2.75) is 70.0 Å². The lowest BCUT2D eigenvalue weighted by Crippen LogP contribution is -2.57. The Morgan fingerprint density at radius 2 is 1.39 bits per heavy atom. The lowest BCUT2D eigenvalue weighted by molar-refractivity contribution is -0.231. The van der Waals surface area contributed by atoms with Gasteiger partial charge in [-0.05, 0) is 27.7 Å². The molecule has 0 amide bonds. The maximum atomic E-state index is 5.93. The third-order valence-electron chi connectivity index (χ3n) is 3.48. The van der Waals surface area contributed by atoms with Gasteiger partial charge >= 0.3 is 0 Å². The van der Waals surface area contributed by atoms with Crippen molar-refractivity contribution in [1.82, 2.24) is 0 Å². The lowest BCUT2D eigenvalue weighted by atomic mass is 9.99. The first-order valence-corrected chi connectivity index (χ1v) is 6.38. The zero-order valence-electron chi connectivity index (χ0n) is 11.2. The van der Waals surface area contributed by atoms with Gasteiger partial charge in [0, 0.05) is 6.54 Å². The van der Waals surface area contributed by atoms with E-state index in [4.69, 9.17) is 29.4 Å². The molecule has 2 N–H and O–H groups in total. The topological polar surface area (TPSA) is 72.2 Å². The number of hydrogen-bond donors (Lipinski definition) is 1. The van der Waals surface area contributed by atoms with Crippen molar-refractivity contribution in [2.24, 2.45) is 5.73 Å². The van der Waals surface area contributed by atoms with E-state index in [9.17, 15) is 0 Å². The van der Waals surface area contributed by atoms with Crippen molar-refractivity contribution in [1.29, 1.82) is 0 Å². The number of rotatable bonds is 1. The Hall–Kier alpha value is -0.240. The first kappa shape index (κ1) is 12.8. The standard InChI is InChI=1S/C12H21NO5/c1-11(2)15-7-6(5-13)14-10-9(8(7)16-11)17-12(3,4)18-10/h6-10H,5,13H2,1-4H3/t6-,7-,8-,9-,10+/m1/s1. The van der Waals surface area contributed by atoms with Crippen molar-refractivity contribution in [2.75, 3.05) is 6.54 Å². The first-order valence-electron chi connectivity index (χ1n) is 6.38. The summed E-state index contributed by atoms with van der Waals surface area (Å²) in [5.41, 5.74) is 5.74. The van der Waals surface area contributed by atoms with Crippen LogP contribution in [0.4, 0.5) is 0 Å². The molecule has 5 atom stereocenters. The molecule has 0 aromatic rings. The molecule has 0 aromatic heterocycles. The van der Waals surface area contributed by atoms with Gasteiger partial charge in [-0.1, -0.05) is 0 Å². The van der Waals surface area contributed by atoms with Crippen LogP contribution in [-0.4, -0.2) is 48.8 Å². The normalized spacial score (nSPS) is 48.8. The zero-order valence-corrected chi connectivity index (χ0v) is 11.2. The van der Waals surface area contributed by atoms with E-state index in [-0.39, 0.29) is 24.4 Å². The minimum Gasteiger partial charge on any atom is -0.342 e. The van der Waals surface area contributed by atoms with Crippen LogP contribution < -0.4 is 5.73 Å². The average Bonchev–Trinajstić information content (AvgIpc) is 2.71. The Morgan fingerprint density at radius 3 is 2.06 bits per heavy atom. The summed E-state index contributed by atoms with van der Waals surface area (Å²) in [5, 5.41) is 0. The van der Waals surface area contributed by atoms with E-state index < -0.39 is 17.9 Å². The fraction of sp³-hybridized carbons (Fsp3) is 1.00. The SMILES string of the molecule is CC1(C)O[C@@H]2O[C@H](CN)[C@H]3OC(C)(C)O[C@H]3[C@H]2O1. The molecule has 0 saturated carbocycles. The zero-order chi connectivity index (χ0) is 13.1. The molecule has 0 bridgehead atoms. The third-order valence-corrected chi connectivity index (χ3v) is 3.48. The molecule has 3 fully saturated rings. The Labute approximate surface area is 107 Å². The quantitative estimate of drug-likeness (QED) is 0.732. The molecule has 6 nitrogen and oxygen atoms in total.